The predicted molar refractivity (Wildman–Crippen MR) is 120 cm³/mol. The molecule has 2 heterocycles. The van der Waals surface area contributed by atoms with E-state index in [0.717, 1.165) is 33.7 Å². The van der Waals surface area contributed by atoms with E-state index in [0.29, 0.717) is 29.6 Å². The molecule has 0 saturated heterocycles. The third-order valence-electron chi connectivity index (χ3n) is 4.54. The minimum atomic E-state index is 0.645. The summed E-state index contributed by atoms with van der Waals surface area (Å²) in [4.78, 5) is 13.8. The van der Waals surface area contributed by atoms with Crippen LogP contribution >= 0.6 is 11.6 Å². The van der Waals surface area contributed by atoms with Crippen molar-refractivity contribution in [3.05, 3.63) is 71.4 Å². The van der Waals surface area contributed by atoms with E-state index in [9.17, 15) is 0 Å². The van der Waals surface area contributed by atoms with E-state index in [4.69, 9.17) is 27.3 Å². The number of anilines is 3. The molecule has 2 aromatic carbocycles. The van der Waals surface area contributed by atoms with Crippen LogP contribution in [0.4, 0.5) is 17.3 Å². The van der Waals surface area contributed by atoms with E-state index < -0.39 is 0 Å². The molecule has 146 valence electrons. The number of nitrogens with zero attached hydrogens (tertiary/aromatic N) is 3. The fourth-order valence-corrected chi connectivity index (χ4v) is 3.32. The molecule has 0 aliphatic carbocycles. The van der Waals surface area contributed by atoms with Gasteiger partial charge in [0.05, 0.1) is 17.4 Å². The van der Waals surface area contributed by atoms with Gasteiger partial charge >= 0.3 is 0 Å². The van der Waals surface area contributed by atoms with Crippen LogP contribution in [0.2, 0.25) is 5.02 Å². The van der Waals surface area contributed by atoms with Gasteiger partial charge in [0, 0.05) is 29.1 Å². The van der Waals surface area contributed by atoms with E-state index in [2.05, 4.69) is 15.6 Å². The van der Waals surface area contributed by atoms with Crippen molar-refractivity contribution < 1.29 is 0 Å². The third kappa shape index (κ3) is 4.38. The lowest BCUT2D eigenvalue weighted by Gasteiger charge is -2.13. The Hall–Kier alpha value is -3.38. The van der Waals surface area contributed by atoms with Gasteiger partial charge in [0.2, 0.25) is 0 Å². The van der Waals surface area contributed by atoms with Crippen molar-refractivity contribution in [3.8, 4) is 11.4 Å². The number of hydrogen-bond donors (Lipinski definition) is 3. The predicted octanol–water partition coefficient (Wildman–Crippen LogP) is 4.76. The summed E-state index contributed by atoms with van der Waals surface area (Å²) in [6.07, 6.45) is 1.63. The molecule has 6 nitrogen and oxygen atoms in total. The summed E-state index contributed by atoms with van der Waals surface area (Å²) >= 11 is 6.10. The number of fused-ring (bicyclic) bond motifs is 1. The maximum absolute atomic E-state index is 6.10. The lowest BCUT2D eigenvalue weighted by Crippen LogP contribution is -2.15. The zero-order valence-electron chi connectivity index (χ0n) is 16.0. The maximum Gasteiger partial charge on any atom is 0.162 e. The Bertz CT molecular complexity index is 1140. The van der Waals surface area contributed by atoms with Crippen molar-refractivity contribution in [2.24, 2.45) is 0 Å². The van der Waals surface area contributed by atoms with Gasteiger partial charge in [-0.3, -0.25) is 0 Å². The average molecular weight is 405 g/mol. The Labute approximate surface area is 174 Å². The number of aromatic nitrogens is 3. The quantitative estimate of drug-likeness (QED) is 0.401. The van der Waals surface area contributed by atoms with Crippen molar-refractivity contribution in [2.75, 3.05) is 29.5 Å². The molecular formula is C22H21ClN6. The largest absolute Gasteiger partial charge is 0.397 e. The van der Waals surface area contributed by atoms with E-state index in [1.165, 1.54) is 0 Å². The average Bonchev–Trinajstić information content (AvgIpc) is 2.72. The Morgan fingerprint density at radius 1 is 0.966 bits per heavy atom. The molecule has 0 unspecified atom stereocenters. The number of hydrogen-bond acceptors (Lipinski definition) is 6. The second-order valence-electron chi connectivity index (χ2n) is 6.70. The van der Waals surface area contributed by atoms with Crippen LogP contribution in [0, 0.1) is 6.92 Å². The normalized spacial score (nSPS) is 10.8. The highest BCUT2D eigenvalue weighted by molar-refractivity contribution is 6.30. The van der Waals surface area contributed by atoms with Crippen molar-refractivity contribution >= 4 is 39.8 Å². The van der Waals surface area contributed by atoms with Crippen molar-refractivity contribution in [1.82, 2.24) is 15.0 Å². The number of nitrogens with one attached hydrogen (secondary N) is 2. The summed E-state index contributed by atoms with van der Waals surface area (Å²) < 4.78 is 0. The minimum Gasteiger partial charge on any atom is -0.397 e. The summed E-state index contributed by atoms with van der Waals surface area (Å²) in [5.41, 5.74) is 9.21. The van der Waals surface area contributed by atoms with Crippen LogP contribution in [-0.4, -0.2) is 28.0 Å². The second-order valence-corrected chi connectivity index (χ2v) is 7.14. The molecule has 0 aliphatic rings. The molecule has 4 N–H and O–H groups in total. The molecule has 0 atom stereocenters. The molecule has 29 heavy (non-hydrogen) atoms. The Morgan fingerprint density at radius 3 is 2.59 bits per heavy atom. The Kier molecular flexibility index (Phi) is 5.44. The summed E-state index contributed by atoms with van der Waals surface area (Å²) in [5, 5.41) is 8.36. The summed E-state index contributed by atoms with van der Waals surface area (Å²) in [6.45, 7) is 3.37. The van der Waals surface area contributed by atoms with Gasteiger partial charge in [0.15, 0.2) is 5.82 Å². The van der Waals surface area contributed by atoms with E-state index in [-0.39, 0.29) is 0 Å². The number of para-hydroxylation sites is 1. The SMILES string of the molecule is Cc1cc(Cl)ccc1-c1nc(NCCNc2ccc(N)cn2)c2ccccc2n1. The molecule has 7 heteroatoms. The van der Waals surface area contributed by atoms with Crippen LogP contribution in [0.15, 0.2) is 60.8 Å². The molecule has 0 amide bonds. The standard InChI is InChI=1S/C22H21ClN6/c1-14-12-15(23)6-8-17(14)22-28-19-5-3-2-4-18(19)21(29-22)26-11-10-25-20-9-7-16(24)13-27-20/h2-9,12-13H,10-11,24H2,1H3,(H,25,27)(H,26,28,29). The number of nitrogen functional groups attached to an aromatic ring is 1. The lowest BCUT2D eigenvalue weighted by molar-refractivity contribution is 1.04. The molecule has 0 radical (unpaired) electrons. The Balaban J connectivity index is 1.56. The van der Waals surface area contributed by atoms with E-state index >= 15 is 0 Å². The Morgan fingerprint density at radius 2 is 1.79 bits per heavy atom. The monoisotopic (exact) mass is 404 g/mol. The topological polar surface area (TPSA) is 88.8 Å². The molecule has 0 spiro atoms. The summed E-state index contributed by atoms with van der Waals surface area (Å²) in [5.74, 6) is 2.26. The highest BCUT2D eigenvalue weighted by atomic mass is 35.5. The first-order valence-electron chi connectivity index (χ1n) is 9.33. The van der Waals surface area contributed by atoms with Gasteiger partial charge in [-0.05, 0) is 55.0 Å². The van der Waals surface area contributed by atoms with Crippen LogP contribution in [-0.2, 0) is 0 Å². The van der Waals surface area contributed by atoms with Crippen LogP contribution in [0.25, 0.3) is 22.3 Å². The molecular weight excluding hydrogens is 384 g/mol. The van der Waals surface area contributed by atoms with Crippen molar-refractivity contribution in [1.29, 1.82) is 0 Å². The van der Waals surface area contributed by atoms with Gasteiger partial charge in [-0.1, -0.05) is 23.7 Å². The molecule has 4 aromatic rings. The van der Waals surface area contributed by atoms with Crippen LogP contribution in [0.3, 0.4) is 0 Å². The molecule has 0 bridgehead atoms. The molecule has 0 aliphatic heterocycles. The van der Waals surface area contributed by atoms with Gasteiger partial charge in [-0.15, -0.1) is 0 Å². The van der Waals surface area contributed by atoms with Gasteiger partial charge in [0.25, 0.3) is 0 Å². The smallest absolute Gasteiger partial charge is 0.162 e. The van der Waals surface area contributed by atoms with Gasteiger partial charge in [-0.2, -0.15) is 0 Å². The first-order valence-corrected chi connectivity index (χ1v) is 9.70. The molecule has 0 fully saturated rings. The maximum atomic E-state index is 6.10. The van der Waals surface area contributed by atoms with Crippen LogP contribution in [0.5, 0.6) is 0 Å². The summed E-state index contributed by atoms with van der Waals surface area (Å²) in [7, 11) is 0. The first kappa shape index (κ1) is 19.0. The lowest BCUT2D eigenvalue weighted by atomic mass is 10.1. The van der Waals surface area contributed by atoms with E-state index in [1.54, 1.807) is 6.20 Å². The molecule has 2 aromatic heterocycles. The zero-order valence-corrected chi connectivity index (χ0v) is 16.7. The highest BCUT2D eigenvalue weighted by Gasteiger charge is 2.11. The summed E-state index contributed by atoms with van der Waals surface area (Å²) in [6, 6.07) is 17.4. The minimum absolute atomic E-state index is 0.645. The highest BCUT2D eigenvalue weighted by Crippen LogP contribution is 2.28. The van der Waals surface area contributed by atoms with Gasteiger partial charge in [0.1, 0.15) is 11.6 Å². The third-order valence-corrected chi connectivity index (χ3v) is 4.78. The number of halogens is 1. The van der Waals surface area contributed by atoms with Crippen molar-refractivity contribution in [3.63, 3.8) is 0 Å². The number of aryl methyl sites for hydroxylation is 1. The van der Waals surface area contributed by atoms with Crippen molar-refractivity contribution in [2.45, 2.75) is 6.92 Å². The zero-order chi connectivity index (χ0) is 20.2. The fraction of sp³-hybridized carbons (Fsp3) is 0.136. The number of rotatable bonds is 6. The van der Waals surface area contributed by atoms with Gasteiger partial charge in [-0.25, -0.2) is 15.0 Å². The first-order chi connectivity index (χ1) is 14.1. The van der Waals surface area contributed by atoms with Crippen LogP contribution in [0.1, 0.15) is 5.56 Å². The van der Waals surface area contributed by atoms with E-state index in [1.807, 2.05) is 61.5 Å². The molecule has 4 rings (SSSR count). The van der Waals surface area contributed by atoms with Gasteiger partial charge < -0.3 is 16.4 Å². The second kappa shape index (κ2) is 8.32. The number of nitrogens with two attached hydrogens (primary N) is 1. The molecule has 0 saturated carbocycles. The van der Waals surface area contributed by atoms with Crippen LogP contribution < -0.4 is 16.4 Å². The number of benzene rings is 2. The number of pyridine rings is 1. The fourth-order valence-electron chi connectivity index (χ4n) is 3.09.